The molecular weight excluding hydrogens is 178 g/mol. The monoisotopic (exact) mass is 203 g/mol. The molecule has 0 aromatic carbocycles. The predicted octanol–water partition coefficient (Wildman–Crippen LogP) is 1.82. The minimum atomic E-state index is 0.233. The largest absolute Gasteiger partial charge is 0.382 e. The first-order valence-corrected chi connectivity index (χ1v) is 5.38. The standard InChI is InChI=1S/C11H25NO2/c1-11(2,3)12-7-5-6-8-14-10-9-13-4/h12H,5-10H2,1-4H3. The van der Waals surface area contributed by atoms with E-state index >= 15 is 0 Å². The molecule has 3 heteroatoms. The molecule has 0 atom stereocenters. The maximum atomic E-state index is 5.35. The molecular formula is C11H25NO2. The van der Waals surface area contributed by atoms with Crippen LogP contribution in [0.5, 0.6) is 0 Å². The second kappa shape index (κ2) is 8.21. The minimum Gasteiger partial charge on any atom is -0.382 e. The zero-order valence-corrected chi connectivity index (χ0v) is 10.1. The molecule has 0 radical (unpaired) electrons. The van der Waals surface area contributed by atoms with Gasteiger partial charge < -0.3 is 14.8 Å². The Morgan fingerprint density at radius 1 is 1.00 bits per heavy atom. The van der Waals surface area contributed by atoms with E-state index in [0.717, 1.165) is 19.6 Å². The molecule has 86 valence electrons. The van der Waals surface area contributed by atoms with Gasteiger partial charge in [-0.2, -0.15) is 0 Å². The third-order valence-corrected chi connectivity index (χ3v) is 1.80. The van der Waals surface area contributed by atoms with E-state index in [-0.39, 0.29) is 5.54 Å². The summed E-state index contributed by atoms with van der Waals surface area (Å²) in [7, 11) is 1.69. The Morgan fingerprint density at radius 2 is 1.71 bits per heavy atom. The molecule has 0 bridgehead atoms. The van der Waals surface area contributed by atoms with Crippen LogP contribution in [-0.4, -0.2) is 39.0 Å². The van der Waals surface area contributed by atoms with Gasteiger partial charge in [0.25, 0.3) is 0 Å². The lowest BCUT2D eigenvalue weighted by atomic mass is 10.1. The highest BCUT2D eigenvalue weighted by Gasteiger charge is 2.06. The van der Waals surface area contributed by atoms with Gasteiger partial charge in [-0.3, -0.25) is 0 Å². The van der Waals surface area contributed by atoms with Crippen LogP contribution in [0.4, 0.5) is 0 Å². The summed E-state index contributed by atoms with van der Waals surface area (Å²) in [5, 5.41) is 3.44. The van der Waals surface area contributed by atoms with Gasteiger partial charge in [0.15, 0.2) is 0 Å². The number of methoxy groups -OCH3 is 1. The number of unbranched alkanes of at least 4 members (excludes halogenated alkanes) is 1. The van der Waals surface area contributed by atoms with E-state index in [9.17, 15) is 0 Å². The summed E-state index contributed by atoms with van der Waals surface area (Å²) in [6.45, 7) is 9.86. The Kier molecular flexibility index (Phi) is 8.14. The van der Waals surface area contributed by atoms with Crippen molar-refractivity contribution < 1.29 is 9.47 Å². The van der Waals surface area contributed by atoms with Gasteiger partial charge in [-0.1, -0.05) is 0 Å². The van der Waals surface area contributed by atoms with Gasteiger partial charge in [0.1, 0.15) is 0 Å². The molecule has 0 heterocycles. The summed E-state index contributed by atoms with van der Waals surface area (Å²) in [6, 6.07) is 0. The van der Waals surface area contributed by atoms with Crippen LogP contribution in [0.25, 0.3) is 0 Å². The molecule has 1 N–H and O–H groups in total. The van der Waals surface area contributed by atoms with Crippen molar-refractivity contribution in [2.75, 3.05) is 33.5 Å². The van der Waals surface area contributed by atoms with Crippen LogP contribution in [0.2, 0.25) is 0 Å². The van der Waals surface area contributed by atoms with Gasteiger partial charge in [0.05, 0.1) is 13.2 Å². The molecule has 0 aromatic heterocycles. The van der Waals surface area contributed by atoms with Gasteiger partial charge in [0, 0.05) is 19.3 Å². The van der Waals surface area contributed by atoms with Crippen molar-refractivity contribution in [3.8, 4) is 0 Å². The van der Waals surface area contributed by atoms with Crippen LogP contribution in [0.1, 0.15) is 33.6 Å². The zero-order valence-electron chi connectivity index (χ0n) is 10.1. The predicted molar refractivity (Wildman–Crippen MR) is 59.7 cm³/mol. The van der Waals surface area contributed by atoms with E-state index in [1.165, 1.54) is 6.42 Å². The van der Waals surface area contributed by atoms with Gasteiger partial charge in [0.2, 0.25) is 0 Å². The van der Waals surface area contributed by atoms with Crippen LogP contribution < -0.4 is 5.32 Å². The topological polar surface area (TPSA) is 30.5 Å². The highest BCUT2D eigenvalue weighted by Crippen LogP contribution is 1.99. The summed E-state index contributed by atoms with van der Waals surface area (Å²) in [4.78, 5) is 0. The molecule has 0 aliphatic heterocycles. The van der Waals surface area contributed by atoms with Crippen molar-refractivity contribution in [1.29, 1.82) is 0 Å². The second-order valence-corrected chi connectivity index (χ2v) is 4.49. The fourth-order valence-corrected chi connectivity index (χ4v) is 1.04. The molecule has 0 spiro atoms. The number of ether oxygens (including phenoxy) is 2. The van der Waals surface area contributed by atoms with Crippen molar-refractivity contribution in [3.05, 3.63) is 0 Å². The lowest BCUT2D eigenvalue weighted by molar-refractivity contribution is 0.0686. The summed E-state index contributed by atoms with van der Waals surface area (Å²) in [6.07, 6.45) is 2.29. The molecule has 0 rings (SSSR count). The quantitative estimate of drug-likeness (QED) is 0.610. The molecule has 0 aliphatic carbocycles. The Labute approximate surface area is 88.2 Å². The molecule has 0 saturated carbocycles. The maximum Gasteiger partial charge on any atom is 0.0700 e. The summed E-state index contributed by atoms with van der Waals surface area (Å²) in [5.74, 6) is 0. The highest BCUT2D eigenvalue weighted by atomic mass is 16.5. The van der Waals surface area contributed by atoms with E-state index in [1.807, 2.05) is 0 Å². The first kappa shape index (κ1) is 13.9. The molecule has 0 aliphatic rings. The third kappa shape index (κ3) is 11.9. The van der Waals surface area contributed by atoms with E-state index in [1.54, 1.807) is 7.11 Å². The van der Waals surface area contributed by atoms with Crippen molar-refractivity contribution in [2.24, 2.45) is 0 Å². The van der Waals surface area contributed by atoms with Gasteiger partial charge in [-0.15, -0.1) is 0 Å². The second-order valence-electron chi connectivity index (χ2n) is 4.49. The Hall–Kier alpha value is -0.120. The van der Waals surface area contributed by atoms with Crippen LogP contribution in [0.15, 0.2) is 0 Å². The van der Waals surface area contributed by atoms with Crippen molar-refractivity contribution in [2.45, 2.75) is 39.2 Å². The van der Waals surface area contributed by atoms with Crippen molar-refractivity contribution >= 4 is 0 Å². The van der Waals surface area contributed by atoms with Crippen molar-refractivity contribution in [1.82, 2.24) is 5.32 Å². The number of hydrogen-bond donors (Lipinski definition) is 1. The lowest BCUT2D eigenvalue weighted by Gasteiger charge is -2.20. The fourth-order valence-electron chi connectivity index (χ4n) is 1.04. The number of nitrogens with one attached hydrogen (secondary N) is 1. The Balaban J connectivity index is 2.99. The van der Waals surface area contributed by atoms with Gasteiger partial charge in [-0.25, -0.2) is 0 Å². The fraction of sp³-hybridized carbons (Fsp3) is 1.00. The van der Waals surface area contributed by atoms with Gasteiger partial charge in [-0.05, 0) is 40.2 Å². The first-order chi connectivity index (χ1) is 6.56. The Bertz CT molecular complexity index is 121. The number of rotatable bonds is 8. The smallest absolute Gasteiger partial charge is 0.0700 e. The van der Waals surface area contributed by atoms with E-state index in [4.69, 9.17) is 9.47 Å². The van der Waals surface area contributed by atoms with Gasteiger partial charge >= 0.3 is 0 Å². The Morgan fingerprint density at radius 3 is 2.29 bits per heavy atom. The maximum absolute atomic E-state index is 5.35. The third-order valence-electron chi connectivity index (χ3n) is 1.80. The lowest BCUT2D eigenvalue weighted by Crippen LogP contribution is -2.36. The van der Waals surface area contributed by atoms with E-state index in [2.05, 4.69) is 26.1 Å². The van der Waals surface area contributed by atoms with Crippen LogP contribution in [-0.2, 0) is 9.47 Å². The molecule has 14 heavy (non-hydrogen) atoms. The molecule has 0 unspecified atom stereocenters. The summed E-state index contributed by atoms with van der Waals surface area (Å²) < 4.78 is 10.2. The average Bonchev–Trinajstić information content (AvgIpc) is 2.08. The van der Waals surface area contributed by atoms with E-state index in [0.29, 0.717) is 13.2 Å². The van der Waals surface area contributed by atoms with Crippen LogP contribution in [0.3, 0.4) is 0 Å². The minimum absolute atomic E-state index is 0.233. The van der Waals surface area contributed by atoms with Crippen LogP contribution >= 0.6 is 0 Å². The zero-order chi connectivity index (χ0) is 10.9. The SMILES string of the molecule is COCCOCCCCNC(C)(C)C. The summed E-state index contributed by atoms with van der Waals surface area (Å²) >= 11 is 0. The molecule has 0 saturated heterocycles. The highest BCUT2D eigenvalue weighted by molar-refractivity contribution is 4.69. The van der Waals surface area contributed by atoms with Crippen molar-refractivity contribution in [3.63, 3.8) is 0 Å². The number of hydrogen-bond acceptors (Lipinski definition) is 3. The summed E-state index contributed by atoms with van der Waals surface area (Å²) in [5.41, 5.74) is 0.233. The average molecular weight is 203 g/mol. The normalized spacial score (nSPS) is 12.0. The van der Waals surface area contributed by atoms with E-state index < -0.39 is 0 Å². The first-order valence-electron chi connectivity index (χ1n) is 5.38. The molecule has 3 nitrogen and oxygen atoms in total. The molecule has 0 fully saturated rings. The van der Waals surface area contributed by atoms with Crippen LogP contribution in [0, 0.1) is 0 Å². The molecule has 0 amide bonds. The molecule has 0 aromatic rings.